The molecule has 0 saturated carbocycles. The molecule has 0 saturated heterocycles. The lowest BCUT2D eigenvalue weighted by Crippen LogP contribution is -2.35. The summed E-state index contributed by atoms with van der Waals surface area (Å²) < 4.78 is 12.8. The topological polar surface area (TPSA) is 32.3 Å². The Labute approximate surface area is 109 Å². The van der Waals surface area contributed by atoms with E-state index < -0.39 is 6.10 Å². The Hall–Kier alpha value is -0.930. The minimum absolute atomic E-state index is 0.242. The first-order chi connectivity index (χ1) is 8.52. The molecule has 0 heterocycles. The normalized spacial score (nSPS) is 16.3. The highest BCUT2D eigenvalue weighted by molar-refractivity contribution is 5.18. The molecule has 0 fully saturated rings. The third-order valence-electron chi connectivity index (χ3n) is 3.12. The van der Waals surface area contributed by atoms with Crippen LogP contribution >= 0.6 is 0 Å². The Morgan fingerprint density at radius 3 is 2.33 bits per heavy atom. The summed E-state index contributed by atoms with van der Waals surface area (Å²) in [5.41, 5.74) is 0.771. The van der Waals surface area contributed by atoms with Gasteiger partial charge in [0, 0.05) is 12.1 Å². The van der Waals surface area contributed by atoms with Crippen LogP contribution in [-0.4, -0.2) is 17.2 Å². The molecule has 1 aromatic carbocycles. The fourth-order valence-electron chi connectivity index (χ4n) is 2.23. The van der Waals surface area contributed by atoms with Crippen LogP contribution in [-0.2, 0) is 0 Å². The number of aliphatic hydroxyl groups is 1. The molecule has 102 valence electrons. The lowest BCUT2D eigenvalue weighted by atomic mass is 10.0. The van der Waals surface area contributed by atoms with Crippen LogP contribution in [0.4, 0.5) is 4.39 Å². The summed E-state index contributed by atoms with van der Waals surface area (Å²) in [5, 5.41) is 13.5. The zero-order chi connectivity index (χ0) is 13.5. The van der Waals surface area contributed by atoms with E-state index in [1.165, 1.54) is 12.1 Å². The molecular formula is C15H24FNO. The maximum absolute atomic E-state index is 12.8. The van der Waals surface area contributed by atoms with Crippen molar-refractivity contribution in [2.24, 2.45) is 0 Å². The van der Waals surface area contributed by atoms with Crippen LogP contribution < -0.4 is 5.32 Å². The Bertz CT molecular complexity index is 339. The molecule has 3 unspecified atom stereocenters. The first-order valence-corrected chi connectivity index (χ1v) is 6.72. The average Bonchev–Trinajstić information content (AvgIpc) is 2.29. The van der Waals surface area contributed by atoms with E-state index in [-0.39, 0.29) is 11.9 Å². The summed E-state index contributed by atoms with van der Waals surface area (Å²) in [6.07, 6.45) is 2.39. The smallest absolute Gasteiger partial charge is 0.123 e. The quantitative estimate of drug-likeness (QED) is 0.780. The van der Waals surface area contributed by atoms with Crippen LogP contribution in [0.25, 0.3) is 0 Å². The third kappa shape index (κ3) is 5.15. The molecule has 2 nitrogen and oxygen atoms in total. The van der Waals surface area contributed by atoms with E-state index in [9.17, 15) is 9.50 Å². The van der Waals surface area contributed by atoms with Crippen molar-refractivity contribution < 1.29 is 9.50 Å². The number of aliphatic hydroxyl groups excluding tert-OH is 1. The maximum Gasteiger partial charge on any atom is 0.123 e. The van der Waals surface area contributed by atoms with Crippen molar-refractivity contribution >= 4 is 0 Å². The number of halogens is 1. The van der Waals surface area contributed by atoms with Gasteiger partial charge >= 0.3 is 0 Å². The summed E-state index contributed by atoms with van der Waals surface area (Å²) in [6, 6.07) is 6.76. The fourth-order valence-corrected chi connectivity index (χ4v) is 2.23. The third-order valence-corrected chi connectivity index (χ3v) is 3.12. The van der Waals surface area contributed by atoms with Crippen molar-refractivity contribution in [3.63, 3.8) is 0 Å². The Kier molecular flexibility index (Phi) is 6.30. The second-order valence-electron chi connectivity index (χ2n) is 5.06. The van der Waals surface area contributed by atoms with Crippen LogP contribution in [0.3, 0.4) is 0 Å². The molecule has 0 aliphatic rings. The van der Waals surface area contributed by atoms with Crippen LogP contribution in [0.5, 0.6) is 0 Å². The molecule has 0 bridgehead atoms. The van der Waals surface area contributed by atoms with E-state index in [0.29, 0.717) is 12.5 Å². The average molecular weight is 253 g/mol. The molecule has 1 aromatic rings. The number of nitrogens with one attached hydrogen (secondary N) is 1. The van der Waals surface area contributed by atoms with Crippen LogP contribution in [0.1, 0.15) is 51.7 Å². The standard InChI is InChI=1S/C15H24FNO/c1-4-5-11(2)17-12(3)10-15(18)13-6-8-14(16)9-7-13/h6-9,11-12,15,17-18H,4-5,10H2,1-3H3. The van der Waals surface area contributed by atoms with Crippen LogP contribution in [0.15, 0.2) is 24.3 Å². The number of rotatable bonds is 7. The zero-order valence-corrected chi connectivity index (χ0v) is 11.5. The van der Waals surface area contributed by atoms with Gasteiger partial charge in [-0.25, -0.2) is 4.39 Å². The second kappa shape index (κ2) is 7.49. The van der Waals surface area contributed by atoms with Crippen LogP contribution in [0, 0.1) is 5.82 Å². The van der Waals surface area contributed by atoms with E-state index >= 15 is 0 Å². The fraction of sp³-hybridized carbons (Fsp3) is 0.600. The number of benzene rings is 1. The summed E-state index contributed by atoms with van der Waals surface area (Å²) >= 11 is 0. The summed E-state index contributed by atoms with van der Waals surface area (Å²) in [5.74, 6) is -0.270. The van der Waals surface area contributed by atoms with Crippen molar-refractivity contribution in [3.8, 4) is 0 Å². The monoisotopic (exact) mass is 253 g/mol. The van der Waals surface area contributed by atoms with Crippen molar-refractivity contribution in [1.82, 2.24) is 5.32 Å². The molecule has 0 aliphatic heterocycles. The molecule has 0 aliphatic carbocycles. The van der Waals surface area contributed by atoms with Gasteiger partial charge in [0.2, 0.25) is 0 Å². The van der Waals surface area contributed by atoms with Gasteiger partial charge in [-0.3, -0.25) is 0 Å². The minimum Gasteiger partial charge on any atom is -0.388 e. The zero-order valence-electron chi connectivity index (χ0n) is 11.5. The van der Waals surface area contributed by atoms with Crippen molar-refractivity contribution in [2.45, 2.75) is 58.2 Å². The lowest BCUT2D eigenvalue weighted by molar-refractivity contribution is 0.151. The van der Waals surface area contributed by atoms with Crippen LogP contribution in [0.2, 0.25) is 0 Å². The molecule has 3 heteroatoms. The molecule has 1 rings (SSSR count). The largest absolute Gasteiger partial charge is 0.388 e. The first kappa shape index (κ1) is 15.1. The van der Waals surface area contributed by atoms with E-state index in [2.05, 4.69) is 26.1 Å². The minimum atomic E-state index is -0.540. The van der Waals surface area contributed by atoms with Gasteiger partial charge in [0.05, 0.1) is 6.10 Å². The highest BCUT2D eigenvalue weighted by Gasteiger charge is 2.14. The van der Waals surface area contributed by atoms with E-state index in [1.807, 2.05) is 0 Å². The van der Waals surface area contributed by atoms with Gasteiger partial charge in [0.25, 0.3) is 0 Å². The molecule has 18 heavy (non-hydrogen) atoms. The molecule has 0 radical (unpaired) electrons. The van der Waals surface area contributed by atoms with Gasteiger partial charge in [0.1, 0.15) is 5.82 Å². The van der Waals surface area contributed by atoms with Crippen molar-refractivity contribution in [1.29, 1.82) is 0 Å². The molecule has 0 spiro atoms. The van der Waals surface area contributed by atoms with Gasteiger partial charge in [-0.05, 0) is 44.4 Å². The van der Waals surface area contributed by atoms with Gasteiger partial charge in [0.15, 0.2) is 0 Å². The maximum atomic E-state index is 12.8. The predicted molar refractivity (Wildman–Crippen MR) is 72.9 cm³/mol. The Balaban J connectivity index is 2.43. The SMILES string of the molecule is CCCC(C)NC(C)CC(O)c1ccc(F)cc1. The molecule has 3 atom stereocenters. The summed E-state index contributed by atoms with van der Waals surface area (Å²) in [6.45, 7) is 6.39. The predicted octanol–water partition coefficient (Wildman–Crippen LogP) is 3.42. The Morgan fingerprint density at radius 2 is 1.78 bits per heavy atom. The second-order valence-corrected chi connectivity index (χ2v) is 5.06. The Morgan fingerprint density at radius 1 is 1.17 bits per heavy atom. The van der Waals surface area contributed by atoms with Gasteiger partial charge in [-0.15, -0.1) is 0 Å². The lowest BCUT2D eigenvalue weighted by Gasteiger charge is -2.22. The van der Waals surface area contributed by atoms with Gasteiger partial charge in [-0.2, -0.15) is 0 Å². The van der Waals surface area contributed by atoms with E-state index in [4.69, 9.17) is 0 Å². The van der Waals surface area contributed by atoms with Crippen molar-refractivity contribution in [2.75, 3.05) is 0 Å². The molecule has 0 aromatic heterocycles. The van der Waals surface area contributed by atoms with Gasteiger partial charge < -0.3 is 10.4 Å². The molecule has 2 N–H and O–H groups in total. The number of hydrogen-bond acceptors (Lipinski definition) is 2. The van der Waals surface area contributed by atoms with E-state index in [0.717, 1.165) is 18.4 Å². The first-order valence-electron chi connectivity index (χ1n) is 6.72. The highest BCUT2D eigenvalue weighted by Crippen LogP contribution is 2.18. The highest BCUT2D eigenvalue weighted by atomic mass is 19.1. The van der Waals surface area contributed by atoms with E-state index in [1.54, 1.807) is 12.1 Å². The van der Waals surface area contributed by atoms with Crippen molar-refractivity contribution in [3.05, 3.63) is 35.6 Å². The number of hydrogen-bond donors (Lipinski definition) is 2. The summed E-state index contributed by atoms with van der Waals surface area (Å²) in [4.78, 5) is 0. The summed E-state index contributed by atoms with van der Waals surface area (Å²) in [7, 11) is 0. The molecule has 0 amide bonds. The molecular weight excluding hydrogens is 229 g/mol. The van der Waals surface area contributed by atoms with Gasteiger partial charge in [-0.1, -0.05) is 25.5 Å².